The third kappa shape index (κ3) is 0.749. The summed E-state index contributed by atoms with van der Waals surface area (Å²) >= 11 is 3.18. The van der Waals surface area contributed by atoms with Gasteiger partial charge in [-0.3, -0.25) is 4.79 Å². The third-order valence-corrected chi connectivity index (χ3v) is 2.18. The molecule has 0 aromatic heterocycles. The van der Waals surface area contributed by atoms with Crippen LogP contribution in [0.2, 0.25) is 0 Å². The van der Waals surface area contributed by atoms with Crippen molar-refractivity contribution in [2.24, 2.45) is 0 Å². The molecule has 2 nitrogen and oxygen atoms in total. The summed E-state index contributed by atoms with van der Waals surface area (Å²) in [4.78, 5) is 10.3. The maximum atomic E-state index is 10.3. The molecule has 1 aliphatic heterocycles. The molecule has 1 fully saturated rings. The number of hydrogen-bond donors (Lipinski definition) is 0. The van der Waals surface area contributed by atoms with Gasteiger partial charge in [-0.05, 0) is 6.42 Å². The third-order valence-electron chi connectivity index (χ3n) is 1.22. The van der Waals surface area contributed by atoms with Crippen LogP contribution in [-0.2, 0) is 9.53 Å². The lowest BCUT2D eigenvalue weighted by Gasteiger charge is -2.29. The highest BCUT2D eigenvalue weighted by Crippen LogP contribution is 2.24. The van der Waals surface area contributed by atoms with E-state index in [4.69, 9.17) is 4.74 Å². The van der Waals surface area contributed by atoms with Gasteiger partial charge in [-0.1, -0.05) is 22.9 Å². The minimum Gasteiger partial charge on any atom is -0.460 e. The van der Waals surface area contributed by atoms with Crippen LogP contribution < -0.4 is 0 Å². The van der Waals surface area contributed by atoms with Crippen molar-refractivity contribution in [3.8, 4) is 0 Å². The van der Waals surface area contributed by atoms with Crippen molar-refractivity contribution in [1.29, 1.82) is 0 Å². The van der Waals surface area contributed by atoms with Gasteiger partial charge in [0.25, 0.3) is 0 Å². The van der Waals surface area contributed by atoms with Crippen molar-refractivity contribution >= 4 is 21.9 Å². The van der Waals surface area contributed by atoms with E-state index in [-0.39, 0.29) is 16.9 Å². The smallest absolute Gasteiger partial charge is 0.323 e. The van der Waals surface area contributed by atoms with E-state index in [1.165, 1.54) is 0 Å². The summed E-state index contributed by atoms with van der Waals surface area (Å²) in [5.41, 5.74) is 0. The van der Waals surface area contributed by atoms with Crippen molar-refractivity contribution in [2.75, 3.05) is 0 Å². The van der Waals surface area contributed by atoms with Gasteiger partial charge in [-0.15, -0.1) is 0 Å². The Morgan fingerprint density at radius 1 is 1.88 bits per heavy atom. The molecule has 0 radical (unpaired) electrons. The first kappa shape index (κ1) is 6.08. The lowest BCUT2D eigenvalue weighted by molar-refractivity contribution is -0.166. The summed E-state index contributed by atoms with van der Waals surface area (Å²) in [7, 11) is 0. The van der Waals surface area contributed by atoms with Crippen LogP contribution in [0.3, 0.4) is 0 Å². The van der Waals surface area contributed by atoms with E-state index >= 15 is 0 Å². The fourth-order valence-electron chi connectivity index (χ4n) is 0.644. The van der Waals surface area contributed by atoms with Crippen LogP contribution in [0.4, 0.5) is 0 Å². The lowest BCUT2D eigenvalue weighted by atomic mass is 10.1. The van der Waals surface area contributed by atoms with E-state index < -0.39 is 0 Å². The molecule has 0 saturated carbocycles. The molecule has 0 N–H and O–H groups in total. The first-order valence-electron chi connectivity index (χ1n) is 2.60. The Morgan fingerprint density at radius 2 is 2.50 bits per heavy atom. The van der Waals surface area contributed by atoms with E-state index in [0.29, 0.717) is 0 Å². The number of hydrogen-bond acceptors (Lipinski definition) is 2. The van der Waals surface area contributed by atoms with E-state index in [2.05, 4.69) is 15.9 Å². The topological polar surface area (TPSA) is 26.3 Å². The summed E-state index contributed by atoms with van der Waals surface area (Å²) in [6.45, 7) is 1.99. The molecule has 2 atom stereocenters. The average molecular weight is 179 g/mol. The first-order chi connectivity index (χ1) is 3.75. The minimum absolute atomic E-state index is 0.0347. The van der Waals surface area contributed by atoms with E-state index in [9.17, 15) is 4.79 Å². The number of halogens is 1. The Kier molecular flexibility index (Phi) is 1.56. The van der Waals surface area contributed by atoms with Gasteiger partial charge in [0.05, 0.1) is 0 Å². The van der Waals surface area contributed by atoms with Crippen LogP contribution >= 0.6 is 15.9 Å². The van der Waals surface area contributed by atoms with Crippen molar-refractivity contribution in [2.45, 2.75) is 24.3 Å². The van der Waals surface area contributed by atoms with Crippen LogP contribution in [-0.4, -0.2) is 16.9 Å². The maximum Gasteiger partial charge on any atom is 0.323 e. The molecule has 8 heavy (non-hydrogen) atoms. The quantitative estimate of drug-likeness (QED) is 0.444. The Balaban J connectivity index is 2.35. The first-order valence-corrected chi connectivity index (χ1v) is 3.52. The number of ether oxygens (including phenoxy) is 1. The Bertz CT molecular complexity index is 113. The molecule has 0 aromatic rings. The lowest BCUT2D eigenvalue weighted by Crippen LogP contribution is -2.45. The average Bonchev–Trinajstić information content (AvgIpc) is 1.81. The molecular weight excluding hydrogens is 172 g/mol. The zero-order chi connectivity index (χ0) is 6.15. The zero-order valence-electron chi connectivity index (χ0n) is 4.56. The molecule has 1 rings (SSSR count). The summed E-state index contributed by atoms with van der Waals surface area (Å²) in [6.07, 6.45) is 1.03. The molecule has 1 saturated heterocycles. The van der Waals surface area contributed by atoms with Gasteiger partial charge in [-0.25, -0.2) is 0 Å². The summed E-state index contributed by atoms with van der Waals surface area (Å²) in [5, 5.41) is 0. The second-order valence-corrected chi connectivity index (χ2v) is 2.77. The Hall–Kier alpha value is -0.0500. The fourth-order valence-corrected chi connectivity index (χ4v) is 1.23. The molecule has 1 heterocycles. The molecule has 0 amide bonds. The number of esters is 1. The molecule has 2 unspecified atom stereocenters. The number of carbonyl (C=O) groups excluding carboxylic acids is 1. The second kappa shape index (κ2) is 2.05. The summed E-state index contributed by atoms with van der Waals surface area (Å²) in [5.74, 6) is -0.128. The van der Waals surface area contributed by atoms with Crippen LogP contribution in [0.25, 0.3) is 0 Å². The van der Waals surface area contributed by atoms with Gasteiger partial charge in [-0.2, -0.15) is 0 Å². The van der Waals surface area contributed by atoms with Crippen molar-refractivity contribution in [3.05, 3.63) is 0 Å². The Morgan fingerprint density at radius 3 is 2.62 bits per heavy atom. The number of cyclic esters (lactones) is 1. The number of carbonyl (C=O) groups is 1. The summed E-state index contributed by atoms with van der Waals surface area (Å²) < 4.78 is 4.71. The monoisotopic (exact) mass is 178 g/mol. The van der Waals surface area contributed by atoms with Gasteiger partial charge in [0.2, 0.25) is 0 Å². The highest BCUT2D eigenvalue weighted by Gasteiger charge is 2.38. The van der Waals surface area contributed by atoms with Crippen LogP contribution in [0.1, 0.15) is 13.3 Å². The zero-order valence-corrected chi connectivity index (χ0v) is 6.14. The van der Waals surface area contributed by atoms with Crippen LogP contribution in [0.15, 0.2) is 0 Å². The van der Waals surface area contributed by atoms with Gasteiger partial charge < -0.3 is 4.74 Å². The number of rotatable bonds is 1. The van der Waals surface area contributed by atoms with E-state index in [0.717, 1.165) is 6.42 Å². The van der Waals surface area contributed by atoms with Gasteiger partial charge in [0.15, 0.2) is 0 Å². The number of alkyl halides is 1. The van der Waals surface area contributed by atoms with E-state index in [1.54, 1.807) is 0 Å². The van der Waals surface area contributed by atoms with Gasteiger partial charge in [0, 0.05) is 0 Å². The van der Waals surface area contributed by atoms with Crippen molar-refractivity contribution < 1.29 is 9.53 Å². The molecular formula is C5H7BrO2. The highest BCUT2D eigenvalue weighted by atomic mass is 79.9. The molecule has 0 aliphatic carbocycles. The normalized spacial score (nSPS) is 36.0. The Labute approximate surface area is 56.3 Å². The molecule has 1 aliphatic rings. The van der Waals surface area contributed by atoms with Crippen LogP contribution in [0, 0.1) is 0 Å². The largest absolute Gasteiger partial charge is 0.460 e. The molecule has 0 spiro atoms. The minimum atomic E-state index is -0.128. The van der Waals surface area contributed by atoms with Crippen molar-refractivity contribution in [1.82, 2.24) is 0 Å². The van der Waals surface area contributed by atoms with E-state index in [1.807, 2.05) is 6.92 Å². The predicted octanol–water partition coefficient (Wildman–Crippen LogP) is 1.09. The molecule has 46 valence electrons. The van der Waals surface area contributed by atoms with Crippen LogP contribution in [0.5, 0.6) is 0 Å². The van der Waals surface area contributed by atoms with Crippen molar-refractivity contribution in [3.63, 3.8) is 0 Å². The SMILES string of the molecule is CCC1OC(=O)C1Br. The summed E-state index contributed by atoms with van der Waals surface area (Å²) in [6, 6.07) is 0. The maximum absolute atomic E-state index is 10.3. The molecule has 0 bridgehead atoms. The fraction of sp³-hybridized carbons (Fsp3) is 0.800. The van der Waals surface area contributed by atoms with Gasteiger partial charge >= 0.3 is 5.97 Å². The molecule has 3 heteroatoms. The molecule has 0 aromatic carbocycles. The second-order valence-electron chi connectivity index (χ2n) is 1.79. The van der Waals surface area contributed by atoms with Gasteiger partial charge in [0.1, 0.15) is 10.9 Å². The standard InChI is InChI=1S/C5H7BrO2/c1-2-3-4(6)5(7)8-3/h3-4H,2H2,1H3. The predicted molar refractivity (Wildman–Crippen MR) is 32.9 cm³/mol. The highest BCUT2D eigenvalue weighted by molar-refractivity contribution is 9.10.